The predicted octanol–water partition coefficient (Wildman–Crippen LogP) is 3.63. The van der Waals surface area contributed by atoms with E-state index in [0.717, 1.165) is 37.7 Å². The van der Waals surface area contributed by atoms with Crippen LogP contribution >= 0.6 is 0 Å². The number of piperazine rings is 1. The van der Waals surface area contributed by atoms with Crippen LogP contribution in [-0.2, 0) is 0 Å². The molecule has 0 radical (unpaired) electrons. The first kappa shape index (κ1) is 15.0. The van der Waals surface area contributed by atoms with Crippen molar-refractivity contribution in [1.82, 2.24) is 9.80 Å². The maximum absolute atomic E-state index is 5.17. The topological polar surface area (TPSA) is 22.1 Å². The van der Waals surface area contributed by atoms with Crippen LogP contribution in [0.2, 0.25) is 0 Å². The fraction of sp³-hybridized carbons (Fsp3) is 0.381. The number of aliphatic imine (C=N–C) groups is 1. The monoisotopic (exact) mass is 332 g/mol. The minimum absolute atomic E-state index is 0.615. The summed E-state index contributed by atoms with van der Waals surface area (Å²) in [6.07, 6.45) is 2.54. The maximum Gasteiger partial charge on any atom is 0.138 e. The second kappa shape index (κ2) is 5.88. The van der Waals surface area contributed by atoms with E-state index < -0.39 is 0 Å². The average Bonchev–Trinajstić information content (AvgIpc) is 3.48. The molecule has 5 rings (SSSR count). The quantitative estimate of drug-likeness (QED) is 0.796. The van der Waals surface area contributed by atoms with Crippen LogP contribution in [0.1, 0.15) is 18.4 Å². The number of fused-ring (bicyclic) bond motifs is 2. The minimum atomic E-state index is 0.615. The molecule has 1 saturated carbocycles. The lowest BCUT2D eigenvalue weighted by molar-refractivity contribution is 0.216. The zero-order valence-corrected chi connectivity index (χ0v) is 14.7. The average molecular weight is 332 g/mol. The summed E-state index contributed by atoms with van der Waals surface area (Å²) in [5, 5.41) is 0. The molecular formula is C21H24N4. The summed E-state index contributed by atoms with van der Waals surface area (Å²) in [6.45, 7) is 4.26. The highest BCUT2D eigenvalue weighted by atomic mass is 15.3. The molecule has 0 unspecified atom stereocenters. The minimum Gasteiger partial charge on any atom is -0.353 e. The molecule has 2 heterocycles. The molecule has 0 N–H and O–H groups in total. The molecule has 4 nitrogen and oxygen atoms in total. The SMILES string of the molecule is CN1CCN(C2=Nc3ccccc3N(C3CC3)c3ccccc32)CC1. The number of anilines is 2. The Balaban J connectivity index is 1.67. The molecule has 128 valence electrons. The second-order valence-corrected chi connectivity index (χ2v) is 7.33. The van der Waals surface area contributed by atoms with Crippen LogP contribution in [0, 0.1) is 0 Å². The Kier molecular flexibility index (Phi) is 3.52. The number of hydrogen-bond donors (Lipinski definition) is 0. The summed E-state index contributed by atoms with van der Waals surface area (Å²) < 4.78 is 0. The predicted molar refractivity (Wildman–Crippen MR) is 103 cm³/mol. The van der Waals surface area contributed by atoms with Gasteiger partial charge in [0.25, 0.3) is 0 Å². The van der Waals surface area contributed by atoms with Gasteiger partial charge in [-0.2, -0.15) is 0 Å². The summed E-state index contributed by atoms with van der Waals surface area (Å²) in [5.74, 6) is 1.14. The van der Waals surface area contributed by atoms with E-state index in [4.69, 9.17) is 4.99 Å². The third-order valence-corrected chi connectivity index (χ3v) is 5.49. The third-order valence-electron chi connectivity index (χ3n) is 5.49. The molecule has 0 atom stereocenters. The Morgan fingerprint density at radius 3 is 2.28 bits per heavy atom. The van der Waals surface area contributed by atoms with E-state index in [2.05, 4.69) is 70.3 Å². The van der Waals surface area contributed by atoms with Gasteiger partial charge in [0.05, 0.1) is 17.1 Å². The van der Waals surface area contributed by atoms with E-state index in [0.29, 0.717) is 6.04 Å². The van der Waals surface area contributed by atoms with Crippen molar-refractivity contribution in [2.75, 3.05) is 38.1 Å². The molecule has 4 heteroatoms. The Morgan fingerprint density at radius 1 is 0.840 bits per heavy atom. The molecule has 2 aromatic carbocycles. The largest absolute Gasteiger partial charge is 0.353 e. The van der Waals surface area contributed by atoms with Gasteiger partial charge in [-0.25, -0.2) is 4.99 Å². The Labute approximate surface area is 149 Å². The first-order chi connectivity index (χ1) is 12.3. The summed E-state index contributed by atoms with van der Waals surface area (Å²) in [6, 6.07) is 18.0. The Morgan fingerprint density at radius 2 is 1.52 bits per heavy atom. The van der Waals surface area contributed by atoms with Crippen molar-refractivity contribution in [3.63, 3.8) is 0 Å². The van der Waals surface area contributed by atoms with E-state index >= 15 is 0 Å². The number of likely N-dealkylation sites (N-methyl/N-ethyl adjacent to an activating group) is 1. The van der Waals surface area contributed by atoms with Gasteiger partial charge in [0, 0.05) is 37.8 Å². The van der Waals surface area contributed by atoms with Crippen molar-refractivity contribution < 1.29 is 0 Å². The van der Waals surface area contributed by atoms with Crippen LogP contribution in [-0.4, -0.2) is 54.9 Å². The fourth-order valence-electron chi connectivity index (χ4n) is 3.92. The highest BCUT2D eigenvalue weighted by Crippen LogP contribution is 2.46. The van der Waals surface area contributed by atoms with Gasteiger partial charge in [0.15, 0.2) is 0 Å². The summed E-state index contributed by atoms with van der Waals surface area (Å²) in [5.41, 5.74) is 4.93. The number of hydrogen-bond acceptors (Lipinski definition) is 4. The standard InChI is InChI=1S/C21H24N4/c1-23-12-14-24(15-13-23)21-17-6-2-4-8-19(17)25(16-10-11-16)20-9-5-3-7-18(20)22-21/h2-9,16H,10-15H2,1H3. The molecule has 2 fully saturated rings. The van der Waals surface area contributed by atoms with Crippen molar-refractivity contribution in [3.05, 3.63) is 54.1 Å². The molecule has 0 spiro atoms. The van der Waals surface area contributed by atoms with E-state index in [-0.39, 0.29) is 0 Å². The fourth-order valence-corrected chi connectivity index (χ4v) is 3.92. The molecule has 1 saturated heterocycles. The van der Waals surface area contributed by atoms with Gasteiger partial charge in [-0.15, -0.1) is 0 Å². The lowest BCUT2D eigenvalue weighted by Gasteiger charge is -2.35. The lowest BCUT2D eigenvalue weighted by atomic mass is 10.1. The highest BCUT2D eigenvalue weighted by molar-refractivity contribution is 6.08. The number of rotatable bonds is 1. The molecule has 1 aliphatic carbocycles. The first-order valence-corrected chi connectivity index (χ1v) is 9.31. The van der Waals surface area contributed by atoms with Gasteiger partial charge in [0.2, 0.25) is 0 Å². The van der Waals surface area contributed by atoms with Crippen molar-refractivity contribution >= 4 is 22.9 Å². The number of amidine groups is 1. The van der Waals surface area contributed by atoms with Crippen LogP contribution in [0.15, 0.2) is 53.5 Å². The number of nitrogens with zero attached hydrogens (tertiary/aromatic N) is 4. The normalized spacial score (nSPS) is 20.6. The van der Waals surface area contributed by atoms with Gasteiger partial charge in [0.1, 0.15) is 5.84 Å². The molecule has 0 amide bonds. The molecule has 0 aromatic heterocycles. The number of para-hydroxylation sites is 3. The van der Waals surface area contributed by atoms with Gasteiger partial charge in [-0.1, -0.05) is 24.3 Å². The Bertz CT molecular complexity index is 816. The van der Waals surface area contributed by atoms with Gasteiger partial charge in [-0.05, 0) is 44.2 Å². The van der Waals surface area contributed by atoms with Crippen molar-refractivity contribution in [1.29, 1.82) is 0 Å². The Hall–Kier alpha value is -2.33. The van der Waals surface area contributed by atoms with Crippen molar-refractivity contribution in [3.8, 4) is 0 Å². The summed E-state index contributed by atoms with van der Waals surface area (Å²) in [7, 11) is 2.20. The van der Waals surface area contributed by atoms with Crippen LogP contribution in [0.3, 0.4) is 0 Å². The van der Waals surface area contributed by atoms with Gasteiger partial charge >= 0.3 is 0 Å². The summed E-state index contributed by atoms with van der Waals surface area (Å²) >= 11 is 0. The zero-order valence-electron chi connectivity index (χ0n) is 14.7. The maximum atomic E-state index is 5.17. The second-order valence-electron chi connectivity index (χ2n) is 7.33. The van der Waals surface area contributed by atoms with E-state index in [1.807, 2.05) is 0 Å². The molecular weight excluding hydrogens is 308 g/mol. The van der Waals surface area contributed by atoms with Gasteiger partial charge < -0.3 is 14.7 Å². The molecule has 0 bridgehead atoms. The highest BCUT2D eigenvalue weighted by Gasteiger charge is 2.35. The van der Waals surface area contributed by atoms with Crippen LogP contribution in [0.4, 0.5) is 17.1 Å². The molecule has 3 aliphatic rings. The zero-order chi connectivity index (χ0) is 16.8. The molecule has 2 aliphatic heterocycles. The molecule has 25 heavy (non-hydrogen) atoms. The van der Waals surface area contributed by atoms with Gasteiger partial charge in [-0.3, -0.25) is 0 Å². The smallest absolute Gasteiger partial charge is 0.138 e. The van der Waals surface area contributed by atoms with Crippen LogP contribution in [0.25, 0.3) is 0 Å². The number of benzene rings is 2. The third kappa shape index (κ3) is 2.61. The van der Waals surface area contributed by atoms with Crippen molar-refractivity contribution in [2.24, 2.45) is 4.99 Å². The van der Waals surface area contributed by atoms with Crippen LogP contribution in [0.5, 0.6) is 0 Å². The summed E-state index contributed by atoms with van der Waals surface area (Å²) in [4.78, 5) is 12.6. The lowest BCUT2D eigenvalue weighted by Crippen LogP contribution is -2.47. The van der Waals surface area contributed by atoms with Crippen molar-refractivity contribution in [2.45, 2.75) is 18.9 Å². The first-order valence-electron chi connectivity index (χ1n) is 9.31. The molecule has 2 aromatic rings. The van der Waals surface area contributed by atoms with Crippen LogP contribution < -0.4 is 4.90 Å². The van der Waals surface area contributed by atoms with E-state index in [1.54, 1.807) is 0 Å². The van der Waals surface area contributed by atoms with E-state index in [1.165, 1.54) is 29.8 Å². The van der Waals surface area contributed by atoms with E-state index in [9.17, 15) is 0 Å².